The second-order valence-corrected chi connectivity index (χ2v) is 4.23. The van der Waals surface area contributed by atoms with Gasteiger partial charge < -0.3 is 10.1 Å². The predicted molar refractivity (Wildman–Crippen MR) is 56.1 cm³/mol. The summed E-state index contributed by atoms with van der Waals surface area (Å²) in [6.45, 7) is 0. The SMILES string of the molecule is CO[C@@]12C=CC=C[C@@H]3C=C[C@H]1NC(=O)[C@@H]32. The van der Waals surface area contributed by atoms with Gasteiger partial charge in [-0.05, 0) is 6.08 Å². The summed E-state index contributed by atoms with van der Waals surface area (Å²) >= 11 is 0. The van der Waals surface area contributed by atoms with E-state index in [1.807, 2.05) is 24.3 Å². The van der Waals surface area contributed by atoms with Gasteiger partial charge in [-0.1, -0.05) is 30.4 Å². The van der Waals surface area contributed by atoms with Crippen LogP contribution < -0.4 is 5.32 Å². The second kappa shape index (κ2) is 2.83. The zero-order chi connectivity index (χ0) is 10.5. The van der Waals surface area contributed by atoms with E-state index in [4.69, 9.17) is 4.74 Å². The van der Waals surface area contributed by atoms with Gasteiger partial charge in [0.1, 0.15) is 5.60 Å². The molecule has 4 atom stereocenters. The summed E-state index contributed by atoms with van der Waals surface area (Å²) in [5.41, 5.74) is -0.486. The van der Waals surface area contributed by atoms with Gasteiger partial charge in [0.2, 0.25) is 5.91 Å². The highest BCUT2D eigenvalue weighted by Crippen LogP contribution is 2.44. The standard InChI is InChI=1S/C12H13NO2/c1-15-12-7-3-2-4-8-5-6-9(12)13-11(14)10(8)12/h2-10H,1H3,(H,13,14)/t8-,9-,10-,12+/m1/s1. The lowest BCUT2D eigenvalue weighted by Crippen LogP contribution is -2.48. The number of hydrogen-bond donors (Lipinski definition) is 1. The van der Waals surface area contributed by atoms with E-state index >= 15 is 0 Å². The van der Waals surface area contributed by atoms with Gasteiger partial charge in [0.25, 0.3) is 0 Å². The highest BCUT2D eigenvalue weighted by atomic mass is 16.5. The molecule has 0 spiro atoms. The summed E-state index contributed by atoms with van der Waals surface area (Å²) in [4.78, 5) is 11.9. The first-order valence-electron chi connectivity index (χ1n) is 5.18. The van der Waals surface area contributed by atoms with Crippen LogP contribution >= 0.6 is 0 Å². The van der Waals surface area contributed by atoms with E-state index in [0.717, 1.165) is 0 Å². The number of carbonyl (C=O) groups is 1. The third-order valence-electron chi connectivity index (χ3n) is 3.62. The number of nitrogens with one attached hydrogen (secondary N) is 1. The maximum atomic E-state index is 11.9. The van der Waals surface area contributed by atoms with Gasteiger partial charge in [-0.25, -0.2) is 0 Å². The molecule has 3 rings (SSSR count). The molecule has 1 amide bonds. The van der Waals surface area contributed by atoms with Crippen molar-refractivity contribution in [1.29, 1.82) is 0 Å². The fourth-order valence-corrected chi connectivity index (χ4v) is 2.88. The Labute approximate surface area is 88.5 Å². The van der Waals surface area contributed by atoms with Crippen LogP contribution in [0.1, 0.15) is 0 Å². The van der Waals surface area contributed by atoms with E-state index in [1.54, 1.807) is 7.11 Å². The molecule has 0 aromatic carbocycles. The largest absolute Gasteiger partial charge is 0.371 e. The highest BCUT2D eigenvalue weighted by molar-refractivity contribution is 5.86. The first kappa shape index (κ1) is 8.92. The van der Waals surface area contributed by atoms with Crippen LogP contribution in [0.2, 0.25) is 0 Å². The van der Waals surface area contributed by atoms with E-state index in [1.165, 1.54) is 0 Å². The van der Waals surface area contributed by atoms with Crippen molar-refractivity contribution in [3.63, 3.8) is 0 Å². The molecule has 15 heavy (non-hydrogen) atoms. The maximum Gasteiger partial charge on any atom is 0.227 e. The first-order valence-corrected chi connectivity index (χ1v) is 5.18. The molecule has 0 unspecified atom stereocenters. The quantitative estimate of drug-likeness (QED) is 0.640. The molecule has 3 nitrogen and oxygen atoms in total. The molecule has 1 saturated heterocycles. The number of methoxy groups -OCH3 is 1. The molecule has 1 aliphatic heterocycles. The highest BCUT2D eigenvalue weighted by Gasteiger charge is 2.57. The molecule has 0 aromatic heterocycles. The Kier molecular flexibility index (Phi) is 1.68. The van der Waals surface area contributed by atoms with E-state index in [-0.39, 0.29) is 23.8 Å². The Morgan fingerprint density at radius 1 is 1.33 bits per heavy atom. The van der Waals surface area contributed by atoms with Crippen molar-refractivity contribution in [3.05, 3.63) is 36.5 Å². The average Bonchev–Trinajstić information content (AvgIpc) is 2.39. The molecule has 4 bridgehead atoms. The minimum Gasteiger partial charge on any atom is -0.371 e. The lowest BCUT2D eigenvalue weighted by molar-refractivity contribution is -0.126. The Morgan fingerprint density at radius 3 is 3.00 bits per heavy atom. The molecule has 0 aromatic rings. The number of carbonyl (C=O) groups excluding carboxylic acids is 1. The number of ether oxygens (including phenoxy) is 1. The summed E-state index contributed by atoms with van der Waals surface area (Å²) in [6.07, 6.45) is 12.1. The molecule has 1 fully saturated rings. The number of amides is 1. The van der Waals surface area contributed by atoms with Crippen molar-refractivity contribution < 1.29 is 9.53 Å². The van der Waals surface area contributed by atoms with Crippen LogP contribution in [0, 0.1) is 11.8 Å². The molecular formula is C12H13NO2. The van der Waals surface area contributed by atoms with Crippen molar-refractivity contribution in [1.82, 2.24) is 5.32 Å². The molecule has 78 valence electrons. The van der Waals surface area contributed by atoms with Crippen LogP contribution in [-0.4, -0.2) is 24.7 Å². The fraction of sp³-hybridized carbons (Fsp3) is 0.417. The number of allylic oxidation sites excluding steroid dienone is 4. The van der Waals surface area contributed by atoms with Gasteiger partial charge in [0, 0.05) is 13.0 Å². The number of hydrogen-bond acceptors (Lipinski definition) is 2. The summed E-state index contributed by atoms with van der Waals surface area (Å²) < 4.78 is 5.63. The Morgan fingerprint density at radius 2 is 2.20 bits per heavy atom. The van der Waals surface area contributed by atoms with Crippen molar-refractivity contribution in [3.8, 4) is 0 Å². The van der Waals surface area contributed by atoms with Gasteiger partial charge in [0.15, 0.2) is 0 Å². The monoisotopic (exact) mass is 203 g/mol. The van der Waals surface area contributed by atoms with Crippen LogP contribution in [-0.2, 0) is 9.53 Å². The molecule has 0 saturated carbocycles. The van der Waals surface area contributed by atoms with Gasteiger partial charge in [-0.15, -0.1) is 0 Å². The van der Waals surface area contributed by atoms with Crippen molar-refractivity contribution in [2.45, 2.75) is 11.6 Å². The summed E-state index contributed by atoms with van der Waals surface area (Å²) in [5, 5.41) is 2.97. The van der Waals surface area contributed by atoms with Crippen molar-refractivity contribution in [2.75, 3.05) is 7.11 Å². The first-order chi connectivity index (χ1) is 7.28. The van der Waals surface area contributed by atoms with Gasteiger partial charge in [0.05, 0.1) is 12.0 Å². The molecule has 3 aliphatic rings. The summed E-state index contributed by atoms with van der Waals surface area (Å²) in [6, 6.07) is -0.0209. The molecule has 0 radical (unpaired) electrons. The average molecular weight is 203 g/mol. The van der Waals surface area contributed by atoms with Gasteiger partial charge in [-0.2, -0.15) is 0 Å². The van der Waals surface area contributed by atoms with Crippen LogP contribution in [0.15, 0.2) is 36.5 Å². The minimum absolute atomic E-state index is 0.0209. The zero-order valence-electron chi connectivity index (χ0n) is 8.51. The molecule has 3 heteroatoms. The third-order valence-corrected chi connectivity index (χ3v) is 3.62. The lowest BCUT2D eigenvalue weighted by Gasteiger charge is -2.37. The van der Waals surface area contributed by atoms with E-state index < -0.39 is 5.60 Å². The predicted octanol–water partition coefficient (Wildman–Crippen LogP) is 0.798. The normalized spacial score (nSPS) is 45.4. The van der Waals surface area contributed by atoms with E-state index in [9.17, 15) is 4.79 Å². The van der Waals surface area contributed by atoms with Crippen LogP contribution in [0.3, 0.4) is 0 Å². The summed E-state index contributed by atoms with van der Waals surface area (Å²) in [5.74, 6) is 0.124. The Hall–Kier alpha value is -1.35. The van der Waals surface area contributed by atoms with Gasteiger partial charge >= 0.3 is 0 Å². The van der Waals surface area contributed by atoms with Crippen LogP contribution in [0.4, 0.5) is 0 Å². The zero-order valence-corrected chi connectivity index (χ0v) is 8.51. The van der Waals surface area contributed by atoms with E-state index in [2.05, 4.69) is 17.5 Å². The van der Waals surface area contributed by atoms with Gasteiger partial charge in [-0.3, -0.25) is 4.79 Å². The number of rotatable bonds is 1. The fourth-order valence-electron chi connectivity index (χ4n) is 2.88. The Bertz CT molecular complexity index is 396. The molecule has 1 heterocycles. The maximum absolute atomic E-state index is 11.9. The molecular weight excluding hydrogens is 190 g/mol. The smallest absolute Gasteiger partial charge is 0.227 e. The van der Waals surface area contributed by atoms with Crippen molar-refractivity contribution >= 4 is 5.91 Å². The van der Waals surface area contributed by atoms with Crippen LogP contribution in [0.25, 0.3) is 0 Å². The molecule has 1 N–H and O–H groups in total. The second-order valence-electron chi connectivity index (χ2n) is 4.23. The topological polar surface area (TPSA) is 38.3 Å². The third kappa shape index (κ3) is 0.960. The van der Waals surface area contributed by atoms with Crippen LogP contribution in [0.5, 0.6) is 0 Å². The lowest BCUT2D eigenvalue weighted by atomic mass is 9.73. The van der Waals surface area contributed by atoms with E-state index in [0.29, 0.717) is 0 Å². The minimum atomic E-state index is -0.486. The van der Waals surface area contributed by atoms with Crippen molar-refractivity contribution in [2.24, 2.45) is 11.8 Å². The molecule has 2 aliphatic carbocycles. The summed E-state index contributed by atoms with van der Waals surface area (Å²) in [7, 11) is 1.67. The Balaban J connectivity index is 2.19.